The Bertz CT molecular complexity index is 793. The zero-order valence-electron chi connectivity index (χ0n) is 16.4. The first-order valence-electron chi connectivity index (χ1n) is 10.1. The number of phenolic OH excluding ortho intramolecular Hbond substituents is 1. The molecular weight excluding hydrogens is 338 g/mol. The number of nitrogens with one attached hydrogen (secondary N) is 1. The van der Waals surface area contributed by atoms with E-state index in [2.05, 4.69) is 35.1 Å². The number of likely N-dealkylation sites (tertiary alicyclic amines) is 1. The summed E-state index contributed by atoms with van der Waals surface area (Å²) in [6.45, 7) is 7.70. The lowest BCUT2D eigenvalue weighted by Gasteiger charge is -2.40. The van der Waals surface area contributed by atoms with Gasteiger partial charge in [0, 0.05) is 37.0 Å². The van der Waals surface area contributed by atoms with Crippen LogP contribution in [-0.4, -0.2) is 40.7 Å². The van der Waals surface area contributed by atoms with Crippen molar-refractivity contribution in [2.75, 3.05) is 19.6 Å². The second-order valence-corrected chi connectivity index (χ2v) is 8.21. The van der Waals surface area contributed by atoms with Crippen molar-refractivity contribution in [1.29, 1.82) is 0 Å². The predicted molar refractivity (Wildman–Crippen MR) is 107 cm³/mol. The van der Waals surface area contributed by atoms with Gasteiger partial charge < -0.3 is 20.6 Å². The lowest BCUT2D eigenvalue weighted by Crippen LogP contribution is -2.41. The third kappa shape index (κ3) is 3.77. The molecule has 0 saturated carbocycles. The van der Waals surface area contributed by atoms with Crippen molar-refractivity contribution in [3.05, 3.63) is 52.3 Å². The highest BCUT2D eigenvalue weighted by atomic mass is 16.5. The van der Waals surface area contributed by atoms with Crippen molar-refractivity contribution in [1.82, 2.24) is 9.88 Å². The number of rotatable bonds is 4. The van der Waals surface area contributed by atoms with Crippen LogP contribution in [0.4, 0.5) is 0 Å². The third-order valence-corrected chi connectivity index (χ3v) is 6.28. The van der Waals surface area contributed by atoms with E-state index >= 15 is 0 Å². The van der Waals surface area contributed by atoms with Gasteiger partial charge in [0.05, 0.1) is 12.2 Å². The number of nitrogens with zero attached hydrogens (tertiary/aromatic N) is 1. The van der Waals surface area contributed by atoms with Crippen LogP contribution in [0.25, 0.3) is 0 Å². The molecule has 2 aliphatic rings. The Kier molecular flexibility index (Phi) is 5.26. The third-order valence-electron chi connectivity index (χ3n) is 6.28. The van der Waals surface area contributed by atoms with Gasteiger partial charge >= 0.3 is 0 Å². The summed E-state index contributed by atoms with van der Waals surface area (Å²) >= 11 is 0. The number of H-pyrrole nitrogens is 1. The predicted octanol–water partition coefficient (Wildman–Crippen LogP) is 3.19. The van der Waals surface area contributed by atoms with Crippen LogP contribution in [0.1, 0.15) is 46.9 Å². The number of piperidine rings is 1. The fourth-order valence-electron chi connectivity index (χ4n) is 4.68. The van der Waals surface area contributed by atoms with Gasteiger partial charge in [-0.15, -0.1) is 0 Å². The highest BCUT2D eigenvalue weighted by Gasteiger charge is 2.35. The number of aryl methyl sites for hydroxylation is 2. The zero-order chi connectivity index (χ0) is 19.0. The summed E-state index contributed by atoms with van der Waals surface area (Å²) in [5.41, 5.74) is 11.6. The molecule has 1 aromatic carbocycles. The van der Waals surface area contributed by atoms with Gasteiger partial charge in [-0.1, -0.05) is 12.1 Å². The van der Waals surface area contributed by atoms with Crippen molar-refractivity contribution < 1.29 is 9.84 Å². The number of benzene rings is 1. The Labute approximate surface area is 161 Å². The number of phenols is 1. The van der Waals surface area contributed by atoms with Crippen molar-refractivity contribution >= 4 is 0 Å². The molecule has 0 bridgehead atoms. The van der Waals surface area contributed by atoms with Crippen LogP contribution in [-0.2, 0) is 17.7 Å². The summed E-state index contributed by atoms with van der Waals surface area (Å²) in [5.74, 6) is 0.954. The molecule has 4 N–H and O–H groups in total. The second-order valence-electron chi connectivity index (χ2n) is 8.21. The summed E-state index contributed by atoms with van der Waals surface area (Å²) in [7, 11) is 0. The fraction of sp³-hybridized carbons (Fsp3) is 0.545. The van der Waals surface area contributed by atoms with Gasteiger partial charge in [0.15, 0.2) is 0 Å². The number of nitrogens with two attached hydrogens (primary N) is 1. The summed E-state index contributed by atoms with van der Waals surface area (Å²) in [5, 5.41) is 10.6. The minimum Gasteiger partial charge on any atom is -0.507 e. The van der Waals surface area contributed by atoms with E-state index < -0.39 is 0 Å². The van der Waals surface area contributed by atoms with Crippen molar-refractivity contribution in [2.45, 2.75) is 51.9 Å². The van der Waals surface area contributed by atoms with E-state index in [0.29, 0.717) is 18.2 Å². The number of ether oxygens (including phenoxy) is 1. The summed E-state index contributed by atoms with van der Waals surface area (Å²) in [6.07, 6.45) is 5.21. The number of aromatic nitrogens is 1. The molecule has 0 amide bonds. The number of hydrogen-bond acceptors (Lipinski definition) is 4. The Morgan fingerprint density at radius 3 is 2.70 bits per heavy atom. The first kappa shape index (κ1) is 18.5. The molecule has 0 radical (unpaired) electrons. The largest absolute Gasteiger partial charge is 0.507 e. The maximum absolute atomic E-state index is 10.6. The summed E-state index contributed by atoms with van der Waals surface area (Å²) in [6, 6.07) is 6.26. The Morgan fingerprint density at radius 1 is 1.26 bits per heavy atom. The molecule has 3 heterocycles. The molecule has 0 aliphatic carbocycles. The molecule has 27 heavy (non-hydrogen) atoms. The minimum absolute atomic E-state index is 0.105. The zero-order valence-corrected chi connectivity index (χ0v) is 16.4. The van der Waals surface area contributed by atoms with Crippen molar-refractivity contribution in [3.63, 3.8) is 0 Å². The van der Waals surface area contributed by atoms with Crippen LogP contribution < -0.4 is 5.73 Å². The molecule has 2 aliphatic heterocycles. The standard InChI is InChI=1S/C22H31N3O2/c1-14-3-4-18-19(22(14)26)10-20(27-21(18)11-23)17-5-7-25(8-6-17)13-16-9-15(2)24-12-16/h3-4,9,12,17,20-21,24,26H,5-8,10-11,13,23H2,1-2H3. The smallest absolute Gasteiger partial charge is 0.122 e. The SMILES string of the molecule is Cc1cc(CN2CCC(C3Cc4c(ccc(C)c4O)C(CN)O3)CC2)c[nH]1. The van der Waals surface area contributed by atoms with E-state index in [1.54, 1.807) is 0 Å². The number of fused-ring (bicyclic) bond motifs is 1. The van der Waals surface area contributed by atoms with Gasteiger partial charge in [-0.05, 0) is 68.5 Å². The van der Waals surface area contributed by atoms with Crippen LogP contribution in [0.2, 0.25) is 0 Å². The maximum Gasteiger partial charge on any atom is 0.122 e. The monoisotopic (exact) mass is 369 g/mol. The molecule has 5 nitrogen and oxygen atoms in total. The number of aromatic amines is 1. The van der Waals surface area contributed by atoms with Crippen molar-refractivity contribution in [2.24, 2.45) is 11.7 Å². The molecule has 2 aromatic rings. The molecule has 1 aromatic heterocycles. The van der Waals surface area contributed by atoms with Gasteiger partial charge in [-0.3, -0.25) is 4.90 Å². The van der Waals surface area contributed by atoms with Crippen LogP contribution in [0, 0.1) is 19.8 Å². The lowest BCUT2D eigenvalue weighted by molar-refractivity contribution is -0.0651. The van der Waals surface area contributed by atoms with Gasteiger partial charge in [-0.2, -0.15) is 0 Å². The molecular formula is C22H31N3O2. The Hall–Kier alpha value is -1.82. The number of hydrogen-bond donors (Lipinski definition) is 3. The van der Waals surface area contributed by atoms with Gasteiger partial charge in [0.2, 0.25) is 0 Å². The van der Waals surface area contributed by atoms with E-state index in [9.17, 15) is 5.11 Å². The average molecular weight is 370 g/mol. The van der Waals surface area contributed by atoms with Crippen LogP contribution >= 0.6 is 0 Å². The first-order valence-corrected chi connectivity index (χ1v) is 10.1. The highest BCUT2D eigenvalue weighted by molar-refractivity contribution is 5.47. The molecule has 146 valence electrons. The van der Waals surface area contributed by atoms with E-state index in [4.69, 9.17) is 10.5 Å². The van der Waals surface area contributed by atoms with E-state index in [1.807, 2.05) is 13.0 Å². The minimum atomic E-state index is -0.105. The van der Waals surface area contributed by atoms with E-state index in [-0.39, 0.29) is 12.2 Å². The fourth-order valence-corrected chi connectivity index (χ4v) is 4.68. The van der Waals surface area contributed by atoms with Gasteiger partial charge in [-0.25, -0.2) is 0 Å². The van der Waals surface area contributed by atoms with Crippen LogP contribution in [0.15, 0.2) is 24.4 Å². The van der Waals surface area contributed by atoms with Gasteiger partial charge in [0.1, 0.15) is 5.75 Å². The highest BCUT2D eigenvalue weighted by Crippen LogP contribution is 2.40. The molecule has 0 spiro atoms. The van der Waals surface area contributed by atoms with E-state index in [1.165, 1.54) is 11.3 Å². The lowest BCUT2D eigenvalue weighted by atomic mass is 9.83. The average Bonchev–Trinajstić information content (AvgIpc) is 3.09. The summed E-state index contributed by atoms with van der Waals surface area (Å²) in [4.78, 5) is 5.79. The van der Waals surface area contributed by atoms with E-state index in [0.717, 1.165) is 55.6 Å². The Morgan fingerprint density at radius 2 is 2.04 bits per heavy atom. The molecule has 2 atom stereocenters. The second kappa shape index (κ2) is 7.66. The number of aromatic hydroxyl groups is 1. The topological polar surface area (TPSA) is 74.5 Å². The van der Waals surface area contributed by atoms with Crippen LogP contribution in [0.5, 0.6) is 5.75 Å². The van der Waals surface area contributed by atoms with Crippen molar-refractivity contribution in [3.8, 4) is 5.75 Å². The first-order chi connectivity index (χ1) is 13.0. The quantitative estimate of drug-likeness (QED) is 0.774. The molecule has 1 fully saturated rings. The molecule has 5 heteroatoms. The maximum atomic E-state index is 10.6. The van der Waals surface area contributed by atoms with Crippen LogP contribution in [0.3, 0.4) is 0 Å². The summed E-state index contributed by atoms with van der Waals surface area (Å²) < 4.78 is 6.39. The molecule has 4 rings (SSSR count). The normalized spacial score (nSPS) is 24.1. The Balaban J connectivity index is 1.42. The molecule has 2 unspecified atom stereocenters. The molecule has 1 saturated heterocycles. The van der Waals surface area contributed by atoms with Gasteiger partial charge in [0.25, 0.3) is 0 Å².